The number of imidazole rings is 1. The minimum Gasteiger partial charge on any atom is -0.369 e. The minimum absolute atomic E-state index is 0.486. The lowest BCUT2D eigenvalue weighted by Gasteiger charge is -2.06. The van der Waals surface area contributed by atoms with Gasteiger partial charge in [0.1, 0.15) is 5.65 Å². The predicted octanol–water partition coefficient (Wildman–Crippen LogP) is 3.28. The fraction of sp³-hybridized carbons (Fsp3) is 0.176. The van der Waals surface area contributed by atoms with Crippen LogP contribution in [0.4, 0.5) is 5.95 Å². The molecule has 0 amide bonds. The molecule has 3 aromatic rings. The molecule has 0 saturated carbocycles. The van der Waals surface area contributed by atoms with Crippen LogP contribution in [0.5, 0.6) is 0 Å². The van der Waals surface area contributed by atoms with Crippen LogP contribution >= 0.6 is 0 Å². The summed E-state index contributed by atoms with van der Waals surface area (Å²) in [7, 11) is 0. The fourth-order valence-corrected chi connectivity index (χ4v) is 2.85. The number of nitrogens with two attached hydrogens (primary N) is 1. The largest absolute Gasteiger partial charge is 0.369 e. The van der Waals surface area contributed by atoms with Gasteiger partial charge < -0.3 is 5.73 Å². The molecular formula is C17H16N4. The smallest absolute Gasteiger partial charge is 0.206 e. The molecule has 2 heterocycles. The molecule has 1 aliphatic rings. The van der Waals surface area contributed by atoms with Crippen molar-refractivity contribution in [3.8, 4) is 0 Å². The van der Waals surface area contributed by atoms with Gasteiger partial charge in [0.15, 0.2) is 0 Å². The van der Waals surface area contributed by atoms with Gasteiger partial charge >= 0.3 is 0 Å². The van der Waals surface area contributed by atoms with E-state index in [9.17, 15) is 0 Å². The molecule has 1 aliphatic carbocycles. The van der Waals surface area contributed by atoms with Crippen molar-refractivity contribution in [2.45, 2.75) is 19.3 Å². The predicted molar refractivity (Wildman–Crippen MR) is 85.1 cm³/mol. The number of rotatable bonds is 2. The van der Waals surface area contributed by atoms with E-state index in [1.807, 2.05) is 34.9 Å². The molecule has 1 aromatic carbocycles. The number of hydrogen-bond donors (Lipinski definition) is 1. The molecule has 0 saturated heterocycles. The van der Waals surface area contributed by atoms with Gasteiger partial charge in [-0.15, -0.1) is 0 Å². The van der Waals surface area contributed by atoms with Crippen molar-refractivity contribution in [2.75, 3.05) is 5.73 Å². The molecule has 0 bridgehead atoms. The second-order valence-electron chi connectivity index (χ2n) is 5.38. The molecule has 0 radical (unpaired) electrons. The number of anilines is 1. The van der Waals surface area contributed by atoms with Crippen molar-refractivity contribution in [1.82, 2.24) is 14.4 Å². The number of nitrogens with zero attached hydrogens (tertiary/aromatic N) is 3. The Morgan fingerprint density at radius 1 is 1.19 bits per heavy atom. The molecule has 4 heteroatoms. The third-order valence-corrected chi connectivity index (χ3v) is 3.89. The molecular weight excluding hydrogens is 260 g/mol. The number of aromatic nitrogens is 3. The van der Waals surface area contributed by atoms with Gasteiger partial charge in [-0.1, -0.05) is 35.9 Å². The van der Waals surface area contributed by atoms with E-state index in [1.165, 1.54) is 5.57 Å². The molecule has 0 atom stereocenters. The van der Waals surface area contributed by atoms with E-state index in [0.717, 1.165) is 41.5 Å². The molecule has 2 N–H and O–H groups in total. The van der Waals surface area contributed by atoms with Crippen molar-refractivity contribution in [1.29, 1.82) is 0 Å². The second kappa shape index (κ2) is 4.74. The number of nitrogen functional groups attached to an aromatic ring is 1. The Labute approximate surface area is 122 Å². The van der Waals surface area contributed by atoms with Crippen molar-refractivity contribution < 1.29 is 0 Å². The van der Waals surface area contributed by atoms with Crippen LogP contribution in [-0.4, -0.2) is 14.4 Å². The van der Waals surface area contributed by atoms with Crippen LogP contribution in [0.1, 0.15) is 18.5 Å². The lowest BCUT2D eigenvalue weighted by Crippen LogP contribution is -2.00. The number of fused-ring (bicyclic) bond motifs is 3. The highest BCUT2D eigenvalue weighted by Crippen LogP contribution is 2.23. The topological polar surface area (TPSA) is 56.2 Å². The van der Waals surface area contributed by atoms with Crippen LogP contribution in [0.25, 0.3) is 16.6 Å². The number of benzene rings is 1. The van der Waals surface area contributed by atoms with Gasteiger partial charge in [-0.05, 0) is 25.0 Å². The average Bonchev–Trinajstić information content (AvgIpc) is 2.93. The van der Waals surface area contributed by atoms with Gasteiger partial charge in [-0.2, -0.15) is 0 Å². The van der Waals surface area contributed by atoms with Crippen LogP contribution in [0.15, 0.2) is 54.3 Å². The van der Waals surface area contributed by atoms with E-state index in [4.69, 9.17) is 10.7 Å². The Hall–Kier alpha value is -2.62. The Bertz CT molecular complexity index is 886. The van der Waals surface area contributed by atoms with E-state index < -0.39 is 0 Å². The molecule has 4 rings (SSSR count). The third-order valence-electron chi connectivity index (χ3n) is 3.89. The maximum absolute atomic E-state index is 6.05. The first-order valence-corrected chi connectivity index (χ1v) is 7.18. The summed E-state index contributed by atoms with van der Waals surface area (Å²) in [5.41, 5.74) is 10.3. The zero-order valence-corrected chi connectivity index (χ0v) is 11.7. The fourth-order valence-electron chi connectivity index (χ4n) is 2.85. The summed E-state index contributed by atoms with van der Waals surface area (Å²) >= 11 is 0. The zero-order chi connectivity index (χ0) is 14.2. The van der Waals surface area contributed by atoms with Crippen molar-refractivity contribution in [3.05, 3.63) is 60.0 Å². The highest BCUT2D eigenvalue weighted by molar-refractivity contribution is 5.92. The van der Waals surface area contributed by atoms with Gasteiger partial charge in [-0.25, -0.2) is 9.97 Å². The second-order valence-corrected chi connectivity index (χ2v) is 5.38. The quantitative estimate of drug-likeness (QED) is 0.781. The van der Waals surface area contributed by atoms with E-state index in [1.54, 1.807) is 0 Å². The third kappa shape index (κ3) is 2.09. The normalized spacial score (nSPS) is 14.8. The summed E-state index contributed by atoms with van der Waals surface area (Å²) < 4.78 is 1.89. The summed E-state index contributed by atoms with van der Waals surface area (Å²) in [6.07, 6.45) is 11.6. The molecule has 0 fully saturated rings. The van der Waals surface area contributed by atoms with Crippen LogP contribution in [0.2, 0.25) is 0 Å². The number of allylic oxidation sites excluding steroid dienone is 4. The summed E-state index contributed by atoms with van der Waals surface area (Å²) in [4.78, 5) is 9.21. The van der Waals surface area contributed by atoms with E-state index in [2.05, 4.69) is 23.2 Å². The monoisotopic (exact) mass is 276 g/mol. The molecule has 0 aliphatic heterocycles. The maximum atomic E-state index is 6.05. The van der Waals surface area contributed by atoms with Crippen LogP contribution < -0.4 is 5.73 Å². The van der Waals surface area contributed by atoms with Gasteiger partial charge in [-0.3, -0.25) is 4.40 Å². The Balaban J connectivity index is 1.85. The van der Waals surface area contributed by atoms with Crippen LogP contribution in [0.3, 0.4) is 0 Å². The number of hydrogen-bond acceptors (Lipinski definition) is 3. The van der Waals surface area contributed by atoms with E-state index in [-0.39, 0.29) is 0 Å². The molecule has 0 unspecified atom stereocenters. The first-order valence-electron chi connectivity index (χ1n) is 7.18. The Morgan fingerprint density at radius 2 is 2.10 bits per heavy atom. The highest BCUT2D eigenvalue weighted by Gasteiger charge is 2.11. The molecule has 4 nitrogen and oxygen atoms in total. The summed E-state index contributed by atoms with van der Waals surface area (Å²) in [6, 6.07) is 7.97. The van der Waals surface area contributed by atoms with Gasteiger partial charge in [0, 0.05) is 18.0 Å². The first-order chi connectivity index (χ1) is 10.3. The van der Waals surface area contributed by atoms with Crippen LogP contribution in [0, 0.1) is 0 Å². The standard InChI is InChI=1S/C17H16N4/c18-17-20-15-9-5-4-8-14(15)16-19-13(11-21(16)17)10-12-6-2-1-3-7-12/h1-2,4-6,8-9,11H,3,7,10H2,(H2,18,20). The average molecular weight is 276 g/mol. The zero-order valence-electron chi connectivity index (χ0n) is 11.7. The molecule has 0 spiro atoms. The Morgan fingerprint density at radius 3 is 2.95 bits per heavy atom. The first kappa shape index (κ1) is 12.1. The summed E-state index contributed by atoms with van der Waals surface area (Å²) in [5.74, 6) is 0.486. The summed E-state index contributed by atoms with van der Waals surface area (Å²) in [5, 5.41) is 1.04. The van der Waals surface area contributed by atoms with Crippen LogP contribution in [-0.2, 0) is 6.42 Å². The van der Waals surface area contributed by atoms with E-state index >= 15 is 0 Å². The number of para-hydroxylation sites is 1. The lowest BCUT2D eigenvalue weighted by molar-refractivity contribution is 0.899. The lowest BCUT2D eigenvalue weighted by atomic mass is 10.0. The van der Waals surface area contributed by atoms with E-state index in [0.29, 0.717) is 5.95 Å². The summed E-state index contributed by atoms with van der Waals surface area (Å²) in [6.45, 7) is 0. The highest BCUT2D eigenvalue weighted by atomic mass is 15.1. The van der Waals surface area contributed by atoms with Crippen molar-refractivity contribution in [3.63, 3.8) is 0 Å². The van der Waals surface area contributed by atoms with Crippen molar-refractivity contribution in [2.24, 2.45) is 0 Å². The molecule has 2 aromatic heterocycles. The van der Waals surface area contributed by atoms with Crippen molar-refractivity contribution >= 4 is 22.5 Å². The molecule has 104 valence electrons. The van der Waals surface area contributed by atoms with Gasteiger partial charge in [0.25, 0.3) is 0 Å². The SMILES string of the molecule is Nc1nc2ccccc2c2nc(CC3=CC=CCC3)cn12. The molecule has 21 heavy (non-hydrogen) atoms. The Kier molecular flexibility index (Phi) is 2.74. The minimum atomic E-state index is 0.486. The van der Waals surface area contributed by atoms with Gasteiger partial charge in [0.2, 0.25) is 5.95 Å². The van der Waals surface area contributed by atoms with Gasteiger partial charge in [0.05, 0.1) is 11.2 Å². The maximum Gasteiger partial charge on any atom is 0.206 e.